The molecule has 0 aromatic heterocycles. The minimum atomic E-state index is 0.252. The Morgan fingerprint density at radius 1 is 1.38 bits per heavy atom. The molecule has 0 aromatic rings. The van der Waals surface area contributed by atoms with Crippen LogP contribution in [0.25, 0.3) is 0 Å². The van der Waals surface area contributed by atoms with Gasteiger partial charge in [-0.3, -0.25) is 0 Å². The normalized spacial score (nSPS) is 36.5. The van der Waals surface area contributed by atoms with E-state index in [4.69, 9.17) is 10.8 Å². The maximum absolute atomic E-state index is 9.16. The van der Waals surface area contributed by atoms with Crippen LogP contribution in [0.2, 0.25) is 0 Å². The van der Waals surface area contributed by atoms with Gasteiger partial charge in [0.15, 0.2) is 0 Å². The van der Waals surface area contributed by atoms with Crippen LogP contribution >= 0.6 is 0 Å². The topological polar surface area (TPSA) is 58.3 Å². The second-order valence-electron chi connectivity index (χ2n) is 4.61. The fourth-order valence-corrected chi connectivity index (χ4v) is 2.40. The lowest BCUT2D eigenvalue weighted by Gasteiger charge is -2.25. The summed E-state index contributed by atoms with van der Waals surface area (Å²) in [5.74, 6) is 0.476. The van der Waals surface area contributed by atoms with E-state index in [9.17, 15) is 0 Å². The lowest BCUT2D eigenvalue weighted by Crippen LogP contribution is -2.47. The average Bonchev–Trinajstić information content (AvgIpc) is 2.78. The van der Waals surface area contributed by atoms with E-state index >= 15 is 0 Å². The van der Waals surface area contributed by atoms with Crippen LogP contribution in [-0.4, -0.2) is 29.8 Å². The zero-order valence-electron chi connectivity index (χ0n) is 8.13. The van der Waals surface area contributed by atoms with Crippen LogP contribution in [0, 0.1) is 5.92 Å². The van der Waals surface area contributed by atoms with Crippen LogP contribution in [0.1, 0.15) is 32.1 Å². The molecule has 0 bridgehead atoms. The van der Waals surface area contributed by atoms with E-state index in [0.29, 0.717) is 18.6 Å². The molecule has 2 aliphatic carbocycles. The predicted molar refractivity (Wildman–Crippen MR) is 52.4 cm³/mol. The van der Waals surface area contributed by atoms with Gasteiger partial charge in [0.25, 0.3) is 0 Å². The van der Waals surface area contributed by atoms with Gasteiger partial charge in [-0.2, -0.15) is 0 Å². The molecule has 2 fully saturated rings. The summed E-state index contributed by atoms with van der Waals surface area (Å²) in [6.07, 6.45) is 6.08. The van der Waals surface area contributed by atoms with Crippen molar-refractivity contribution in [1.82, 2.24) is 5.32 Å². The first-order valence-corrected chi connectivity index (χ1v) is 5.38. The van der Waals surface area contributed by atoms with Crippen molar-refractivity contribution < 1.29 is 5.11 Å². The molecule has 2 aliphatic rings. The fraction of sp³-hybridized carbons (Fsp3) is 1.00. The highest BCUT2D eigenvalue weighted by molar-refractivity contribution is 5.05. The van der Waals surface area contributed by atoms with E-state index in [-0.39, 0.29) is 5.54 Å². The Labute approximate surface area is 79.7 Å². The van der Waals surface area contributed by atoms with Gasteiger partial charge in [0.05, 0.1) is 0 Å². The molecule has 0 amide bonds. The monoisotopic (exact) mass is 184 g/mol. The Balaban J connectivity index is 1.86. The first kappa shape index (κ1) is 9.44. The van der Waals surface area contributed by atoms with Crippen LogP contribution in [0.4, 0.5) is 0 Å². The Kier molecular flexibility index (Phi) is 2.58. The van der Waals surface area contributed by atoms with Gasteiger partial charge >= 0.3 is 0 Å². The Morgan fingerprint density at radius 3 is 2.69 bits per heavy atom. The maximum atomic E-state index is 9.16. The quantitative estimate of drug-likeness (QED) is 0.586. The van der Waals surface area contributed by atoms with Gasteiger partial charge in [-0.25, -0.2) is 0 Å². The summed E-state index contributed by atoms with van der Waals surface area (Å²) in [5.41, 5.74) is 5.96. The van der Waals surface area contributed by atoms with E-state index in [1.165, 1.54) is 32.1 Å². The van der Waals surface area contributed by atoms with Crippen molar-refractivity contribution in [1.29, 1.82) is 0 Å². The van der Waals surface area contributed by atoms with E-state index in [0.717, 1.165) is 6.54 Å². The minimum Gasteiger partial charge on any atom is -0.396 e. The standard InChI is InChI=1S/C10H20N2O/c11-7-10(4-5-10)12-9-3-1-2-8(9)6-13/h8-9,12-13H,1-7,11H2. The SMILES string of the molecule is NCC1(NC2CCCC2CO)CC1. The summed E-state index contributed by atoms with van der Waals surface area (Å²) in [5, 5.41) is 12.8. The lowest BCUT2D eigenvalue weighted by molar-refractivity contribution is 0.197. The number of nitrogens with one attached hydrogen (secondary N) is 1. The van der Waals surface area contributed by atoms with Crippen molar-refractivity contribution >= 4 is 0 Å². The Bertz CT molecular complexity index is 180. The van der Waals surface area contributed by atoms with Crippen LogP contribution in [-0.2, 0) is 0 Å². The molecule has 0 heterocycles. The van der Waals surface area contributed by atoms with Crippen molar-refractivity contribution in [3.8, 4) is 0 Å². The predicted octanol–water partition coefficient (Wildman–Crippen LogP) is 0.228. The smallest absolute Gasteiger partial charge is 0.0474 e. The number of nitrogens with two attached hydrogens (primary N) is 1. The molecule has 3 nitrogen and oxygen atoms in total. The number of rotatable bonds is 4. The largest absolute Gasteiger partial charge is 0.396 e. The van der Waals surface area contributed by atoms with Crippen LogP contribution in [0.15, 0.2) is 0 Å². The second-order valence-corrected chi connectivity index (χ2v) is 4.61. The van der Waals surface area contributed by atoms with Gasteiger partial charge in [0, 0.05) is 24.7 Å². The van der Waals surface area contributed by atoms with Crippen molar-refractivity contribution in [3.05, 3.63) is 0 Å². The van der Waals surface area contributed by atoms with Crippen LogP contribution in [0.3, 0.4) is 0 Å². The minimum absolute atomic E-state index is 0.252. The molecule has 4 N–H and O–H groups in total. The van der Waals surface area contributed by atoms with Gasteiger partial charge in [0.1, 0.15) is 0 Å². The van der Waals surface area contributed by atoms with E-state index in [1.54, 1.807) is 0 Å². The highest BCUT2D eigenvalue weighted by Gasteiger charge is 2.44. The third kappa shape index (κ3) is 1.87. The zero-order valence-corrected chi connectivity index (χ0v) is 8.13. The van der Waals surface area contributed by atoms with Crippen LogP contribution in [0.5, 0.6) is 0 Å². The lowest BCUT2D eigenvalue weighted by atomic mass is 10.0. The van der Waals surface area contributed by atoms with Crippen molar-refractivity contribution in [3.63, 3.8) is 0 Å². The number of hydrogen-bond donors (Lipinski definition) is 3. The van der Waals surface area contributed by atoms with E-state index < -0.39 is 0 Å². The van der Waals surface area contributed by atoms with Gasteiger partial charge < -0.3 is 16.2 Å². The molecule has 0 saturated heterocycles. The molecule has 2 saturated carbocycles. The summed E-state index contributed by atoms with van der Waals surface area (Å²) in [4.78, 5) is 0. The summed E-state index contributed by atoms with van der Waals surface area (Å²) in [6.45, 7) is 1.08. The number of hydrogen-bond acceptors (Lipinski definition) is 3. The molecule has 2 rings (SSSR count). The fourth-order valence-electron chi connectivity index (χ4n) is 2.40. The highest BCUT2D eigenvalue weighted by Crippen LogP contribution is 2.37. The van der Waals surface area contributed by atoms with Gasteiger partial charge in [-0.1, -0.05) is 6.42 Å². The molecule has 0 aliphatic heterocycles. The summed E-state index contributed by atoms with van der Waals surface area (Å²) in [7, 11) is 0. The molecular weight excluding hydrogens is 164 g/mol. The number of aliphatic hydroxyl groups excluding tert-OH is 1. The second kappa shape index (κ2) is 3.56. The van der Waals surface area contributed by atoms with Gasteiger partial charge in [-0.05, 0) is 31.6 Å². The summed E-state index contributed by atoms with van der Waals surface area (Å²) >= 11 is 0. The summed E-state index contributed by atoms with van der Waals surface area (Å²) in [6, 6.07) is 0.524. The molecule has 13 heavy (non-hydrogen) atoms. The average molecular weight is 184 g/mol. The molecular formula is C10H20N2O. The van der Waals surface area contributed by atoms with E-state index in [2.05, 4.69) is 5.32 Å². The highest BCUT2D eigenvalue weighted by atomic mass is 16.3. The van der Waals surface area contributed by atoms with Crippen molar-refractivity contribution in [2.24, 2.45) is 11.7 Å². The molecule has 2 atom stereocenters. The van der Waals surface area contributed by atoms with E-state index in [1.807, 2.05) is 0 Å². The molecule has 0 aromatic carbocycles. The molecule has 76 valence electrons. The molecule has 2 unspecified atom stereocenters. The molecule has 3 heteroatoms. The Morgan fingerprint density at radius 2 is 2.15 bits per heavy atom. The third-order valence-electron chi connectivity index (χ3n) is 3.63. The Hall–Kier alpha value is -0.120. The molecule has 0 radical (unpaired) electrons. The third-order valence-corrected chi connectivity index (χ3v) is 3.63. The first-order valence-electron chi connectivity index (χ1n) is 5.38. The summed E-state index contributed by atoms with van der Waals surface area (Å²) < 4.78 is 0. The zero-order chi connectivity index (χ0) is 9.31. The van der Waals surface area contributed by atoms with Gasteiger partial charge in [-0.15, -0.1) is 0 Å². The van der Waals surface area contributed by atoms with Crippen LogP contribution < -0.4 is 11.1 Å². The van der Waals surface area contributed by atoms with Crippen molar-refractivity contribution in [2.75, 3.05) is 13.2 Å². The van der Waals surface area contributed by atoms with Crippen molar-refractivity contribution in [2.45, 2.75) is 43.7 Å². The van der Waals surface area contributed by atoms with Gasteiger partial charge in [0.2, 0.25) is 0 Å². The first-order chi connectivity index (χ1) is 6.29. The maximum Gasteiger partial charge on any atom is 0.0474 e. The number of aliphatic hydroxyl groups is 1. The molecule has 0 spiro atoms.